The van der Waals surface area contributed by atoms with E-state index in [2.05, 4.69) is 35.7 Å². The van der Waals surface area contributed by atoms with Crippen LogP contribution in [0.5, 0.6) is 0 Å². The zero-order valence-corrected chi connectivity index (χ0v) is 31.8. The molecule has 2 aliphatic carbocycles. The number of rotatable bonds is 13. The van der Waals surface area contributed by atoms with Gasteiger partial charge in [0.25, 0.3) is 5.91 Å². The van der Waals surface area contributed by atoms with E-state index in [1.54, 1.807) is 43.3 Å². The molecule has 0 bridgehead atoms. The lowest BCUT2D eigenvalue weighted by molar-refractivity contribution is -0.137. The van der Waals surface area contributed by atoms with Gasteiger partial charge >= 0.3 is 6.18 Å². The molecule has 0 spiro atoms. The number of anilines is 4. The normalized spacial score (nSPS) is 20.2. The molecule has 1 aromatic heterocycles. The van der Waals surface area contributed by atoms with Crippen molar-refractivity contribution in [3.05, 3.63) is 70.4 Å². The maximum Gasteiger partial charge on any atom is 0.421 e. The predicted octanol–water partition coefficient (Wildman–Crippen LogP) is 6.19. The highest BCUT2D eigenvalue weighted by Gasteiger charge is 2.36. The molecule has 3 aliphatic rings. The van der Waals surface area contributed by atoms with Gasteiger partial charge in [0.2, 0.25) is 16.0 Å². The van der Waals surface area contributed by atoms with Gasteiger partial charge in [0.1, 0.15) is 11.4 Å². The molecule has 11 nitrogen and oxygen atoms in total. The summed E-state index contributed by atoms with van der Waals surface area (Å²) in [6, 6.07) is 11.0. The van der Waals surface area contributed by atoms with Gasteiger partial charge in [-0.2, -0.15) is 18.2 Å². The lowest BCUT2D eigenvalue weighted by Crippen LogP contribution is -2.52. The third-order valence-electron chi connectivity index (χ3n) is 10.8. The summed E-state index contributed by atoms with van der Waals surface area (Å²) >= 11 is 0. The molecule has 3 aromatic rings. The van der Waals surface area contributed by atoms with E-state index in [0.29, 0.717) is 41.2 Å². The number of hydrogen-bond donors (Lipinski definition) is 3. The molecule has 1 saturated heterocycles. The van der Waals surface area contributed by atoms with Crippen LogP contribution >= 0.6 is 0 Å². The van der Waals surface area contributed by atoms with Gasteiger partial charge < -0.3 is 20.9 Å². The van der Waals surface area contributed by atoms with Crippen LogP contribution < -0.4 is 20.3 Å². The summed E-state index contributed by atoms with van der Waals surface area (Å²) in [5, 5.41) is 9.03. The number of carbonyl (C=O) groups excluding carboxylic acids is 1. The topological polar surface area (TPSA) is 123 Å². The Morgan fingerprint density at radius 3 is 2.34 bits per heavy atom. The van der Waals surface area contributed by atoms with E-state index in [1.165, 1.54) is 26.4 Å². The highest BCUT2D eigenvalue weighted by molar-refractivity contribution is 7.92. The average molecular weight is 757 g/mol. The number of nitrogens with one attached hydrogen (secondary N) is 3. The van der Waals surface area contributed by atoms with Crippen molar-refractivity contribution in [2.45, 2.75) is 83.6 Å². The molecular formula is C38H51F3N8O3S. The second-order valence-electron chi connectivity index (χ2n) is 14.8. The summed E-state index contributed by atoms with van der Waals surface area (Å²) in [6.07, 6.45) is 4.41. The predicted molar refractivity (Wildman–Crippen MR) is 202 cm³/mol. The van der Waals surface area contributed by atoms with Gasteiger partial charge in [-0.3, -0.25) is 14.0 Å². The Morgan fingerprint density at radius 1 is 0.981 bits per heavy atom. The second kappa shape index (κ2) is 16.2. The van der Waals surface area contributed by atoms with Gasteiger partial charge in [-0.1, -0.05) is 19.1 Å². The average Bonchev–Trinajstić information content (AvgIpc) is 3.95. The van der Waals surface area contributed by atoms with E-state index in [-0.39, 0.29) is 24.4 Å². The number of piperazine rings is 1. The van der Waals surface area contributed by atoms with Crippen molar-refractivity contribution in [1.82, 2.24) is 25.1 Å². The first-order valence-corrected chi connectivity index (χ1v) is 20.4. The Morgan fingerprint density at radius 2 is 1.70 bits per heavy atom. The number of hydrogen-bond acceptors (Lipinski definition) is 9. The fourth-order valence-electron chi connectivity index (χ4n) is 7.36. The Hall–Kier alpha value is -3.95. The minimum absolute atomic E-state index is 0.0640. The van der Waals surface area contributed by atoms with Gasteiger partial charge in [0, 0.05) is 75.8 Å². The molecular weight excluding hydrogens is 706 g/mol. The summed E-state index contributed by atoms with van der Waals surface area (Å²) in [6.45, 7) is 9.43. The summed E-state index contributed by atoms with van der Waals surface area (Å²) in [5.41, 5.74) is 2.43. The van der Waals surface area contributed by atoms with Crippen LogP contribution in [0.4, 0.5) is 36.3 Å². The number of halogens is 3. The highest BCUT2D eigenvalue weighted by atomic mass is 32.2. The second-order valence-corrected chi connectivity index (χ2v) is 16.8. The van der Waals surface area contributed by atoms with E-state index >= 15 is 0 Å². The number of aryl methyl sites for hydroxylation is 2. The Balaban J connectivity index is 1.08. The Bertz CT molecular complexity index is 1870. The summed E-state index contributed by atoms with van der Waals surface area (Å²) in [7, 11) is -2.23. The standard InChI is InChI=1S/C38H51F3N8O3S/c1-5-27-21-28(36(50)44-30-11-13-31(14-12-30)49-18-16-48(17-19-49)24-26-7-8-26)10-15-33(27)45-37-43-23-32(38(39,40)41)35(46-37)42-22-29-9-6-25(2)20-34(29)47(3)53(4,51)52/h6,9-10,15,20-21,23,26,30-31H,5,7-8,11-14,16-19,22,24H2,1-4H3,(H,44,50)(H2,42,43,45,46)/t30-,31-. The lowest BCUT2D eigenvalue weighted by Gasteiger charge is -2.42. The SMILES string of the molecule is CCc1cc(C(=O)N[C@H]2CC[C@H](N3CCN(CC4CC4)CC3)CC2)ccc1Nc1ncc(C(F)(F)F)c(NCc2ccc(C)cc2N(C)S(C)(=O)=O)n1. The third-order valence-corrected chi connectivity index (χ3v) is 12.0. The van der Waals surface area contributed by atoms with Crippen LogP contribution in [0, 0.1) is 12.8 Å². The van der Waals surface area contributed by atoms with E-state index in [1.807, 2.05) is 6.92 Å². The zero-order chi connectivity index (χ0) is 37.9. The smallest absolute Gasteiger partial charge is 0.365 e. The molecule has 15 heteroatoms. The van der Waals surface area contributed by atoms with E-state index in [4.69, 9.17) is 0 Å². The number of amides is 1. The first-order valence-electron chi connectivity index (χ1n) is 18.6. The fourth-order valence-corrected chi connectivity index (χ4v) is 7.89. The number of carbonyl (C=O) groups is 1. The maximum atomic E-state index is 14.0. The number of sulfonamides is 1. The highest BCUT2D eigenvalue weighted by Crippen LogP contribution is 2.35. The molecule has 0 radical (unpaired) electrons. The van der Waals surface area contributed by atoms with Crippen molar-refractivity contribution in [3.63, 3.8) is 0 Å². The molecule has 3 N–H and O–H groups in total. The van der Waals surface area contributed by atoms with Crippen LogP contribution in [0.15, 0.2) is 42.6 Å². The van der Waals surface area contributed by atoms with Gasteiger partial charge in [0.05, 0.1) is 11.9 Å². The van der Waals surface area contributed by atoms with Crippen molar-refractivity contribution in [1.29, 1.82) is 0 Å². The summed E-state index contributed by atoms with van der Waals surface area (Å²) < 4.78 is 67.7. The van der Waals surface area contributed by atoms with Crippen molar-refractivity contribution >= 4 is 39.1 Å². The minimum Gasteiger partial charge on any atom is -0.365 e. The first kappa shape index (κ1) is 38.8. The maximum absolute atomic E-state index is 14.0. The molecule has 1 amide bonds. The molecule has 3 fully saturated rings. The minimum atomic E-state index is -4.74. The molecule has 2 saturated carbocycles. The van der Waals surface area contributed by atoms with Gasteiger partial charge in [-0.25, -0.2) is 13.4 Å². The van der Waals surface area contributed by atoms with E-state index in [0.717, 1.165) is 79.5 Å². The quantitative estimate of drug-likeness (QED) is 0.188. The van der Waals surface area contributed by atoms with Gasteiger partial charge in [-0.05, 0) is 98.7 Å². The summed E-state index contributed by atoms with van der Waals surface area (Å²) in [4.78, 5) is 26.7. The number of benzene rings is 2. The van der Waals surface area contributed by atoms with Crippen LogP contribution in [0.25, 0.3) is 0 Å². The number of alkyl halides is 3. The van der Waals surface area contributed by atoms with Crippen molar-refractivity contribution in [2.75, 3.05) is 61.0 Å². The fraction of sp³-hybridized carbons (Fsp3) is 0.553. The molecule has 0 unspecified atom stereocenters. The third kappa shape index (κ3) is 9.98. The van der Waals surface area contributed by atoms with Crippen molar-refractivity contribution in [2.24, 2.45) is 5.92 Å². The lowest BCUT2D eigenvalue weighted by atomic mass is 9.89. The monoisotopic (exact) mass is 756 g/mol. The Kier molecular flexibility index (Phi) is 11.8. The van der Waals surface area contributed by atoms with Crippen LogP contribution in [-0.4, -0.2) is 92.2 Å². The number of nitrogens with zero attached hydrogens (tertiary/aromatic N) is 5. The van der Waals surface area contributed by atoms with E-state index < -0.39 is 27.6 Å². The van der Waals surface area contributed by atoms with Gasteiger partial charge in [-0.15, -0.1) is 0 Å². The van der Waals surface area contributed by atoms with E-state index in [9.17, 15) is 26.4 Å². The molecule has 1 aliphatic heterocycles. The molecule has 2 heterocycles. The van der Waals surface area contributed by atoms with Crippen LogP contribution in [0.2, 0.25) is 0 Å². The number of aromatic nitrogens is 2. The molecule has 53 heavy (non-hydrogen) atoms. The first-order chi connectivity index (χ1) is 25.2. The zero-order valence-electron chi connectivity index (χ0n) is 31.0. The molecule has 288 valence electrons. The van der Waals surface area contributed by atoms with Crippen LogP contribution in [0.1, 0.15) is 78.1 Å². The Labute approximate surface area is 310 Å². The van der Waals surface area contributed by atoms with Crippen molar-refractivity contribution < 1.29 is 26.4 Å². The van der Waals surface area contributed by atoms with Crippen LogP contribution in [0.3, 0.4) is 0 Å². The molecule has 0 atom stereocenters. The molecule has 2 aromatic carbocycles. The largest absolute Gasteiger partial charge is 0.421 e. The van der Waals surface area contributed by atoms with Gasteiger partial charge in [0.15, 0.2) is 0 Å². The van der Waals surface area contributed by atoms with Crippen LogP contribution in [-0.2, 0) is 29.2 Å². The summed E-state index contributed by atoms with van der Waals surface area (Å²) in [5.74, 6) is 0.267. The molecule has 6 rings (SSSR count). The van der Waals surface area contributed by atoms with Crippen molar-refractivity contribution in [3.8, 4) is 0 Å².